The molecule has 96 valence electrons. The number of nitrogens with one attached hydrogen (secondary N) is 2. The van der Waals surface area contributed by atoms with Gasteiger partial charge in [-0.05, 0) is 24.6 Å². The molecule has 1 aromatic rings. The van der Waals surface area contributed by atoms with Gasteiger partial charge in [0.25, 0.3) is 5.91 Å². The molecular formula is C13H15FN2O2. The van der Waals surface area contributed by atoms with Crippen molar-refractivity contribution < 1.29 is 13.9 Å². The summed E-state index contributed by atoms with van der Waals surface area (Å²) in [6.07, 6.45) is 0. The molecule has 1 aliphatic rings. The number of rotatable bonds is 3. The van der Waals surface area contributed by atoms with Crippen LogP contribution in [0.3, 0.4) is 0 Å². The molecule has 1 saturated heterocycles. The molecule has 0 aromatic heterocycles. The zero-order valence-corrected chi connectivity index (χ0v) is 10.3. The Balaban J connectivity index is 2.10. The maximum atomic E-state index is 13.4. The van der Waals surface area contributed by atoms with Gasteiger partial charge in [-0.15, -0.1) is 0 Å². The van der Waals surface area contributed by atoms with E-state index in [4.69, 9.17) is 4.74 Å². The highest BCUT2D eigenvalue weighted by atomic mass is 19.1. The van der Waals surface area contributed by atoms with E-state index in [1.165, 1.54) is 19.2 Å². The third kappa shape index (κ3) is 2.51. The number of carbonyl (C=O) groups excluding carboxylic acids is 1. The zero-order chi connectivity index (χ0) is 13.1. The van der Waals surface area contributed by atoms with Crippen molar-refractivity contribution >= 4 is 11.6 Å². The predicted octanol–water partition coefficient (Wildman–Crippen LogP) is 1.69. The number of benzene rings is 1. The molecule has 4 nitrogen and oxygen atoms in total. The summed E-state index contributed by atoms with van der Waals surface area (Å²) in [5, 5.41) is 5.73. The van der Waals surface area contributed by atoms with Gasteiger partial charge in [-0.2, -0.15) is 0 Å². The number of hydrogen-bond donors (Lipinski definition) is 2. The van der Waals surface area contributed by atoms with E-state index in [1.807, 2.05) is 0 Å². The van der Waals surface area contributed by atoms with E-state index < -0.39 is 5.82 Å². The molecule has 1 amide bonds. The van der Waals surface area contributed by atoms with Gasteiger partial charge >= 0.3 is 0 Å². The van der Waals surface area contributed by atoms with Crippen LogP contribution in [0.2, 0.25) is 0 Å². The van der Waals surface area contributed by atoms with E-state index >= 15 is 0 Å². The Morgan fingerprint density at radius 1 is 1.44 bits per heavy atom. The summed E-state index contributed by atoms with van der Waals surface area (Å²) >= 11 is 0. The van der Waals surface area contributed by atoms with E-state index in [0.717, 1.165) is 18.7 Å². The first-order valence-electron chi connectivity index (χ1n) is 5.66. The minimum atomic E-state index is -0.495. The summed E-state index contributed by atoms with van der Waals surface area (Å²) in [5.41, 5.74) is 2.19. The van der Waals surface area contributed by atoms with E-state index in [0.29, 0.717) is 11.3 Å². The third-order valence-electron chi connectivity index (χ3n) is 2.96. The standard InChI is InChI=1S/C13H15FN2O2/c1-8(9-6-15-7-9)13(17)16-10-3-4-12(18-2)11(14)5-10/h3-5,15H,6-7H2,1-2H3,(H,16,17). The fraction of sp³-hybridized carbons (Fsp3) is 0.308. The van der Waals surface area contributed by atoms with Gasteiger partial charge in [-0.3, -0.25) is 4.79 Å². The van der Waals surface area contributed by atoms with E-state index in [-0.39, 0.29) is 11.7 Å². The van der Waals surface area contributed by atoms with E-state index in [9.17, 15) is 9.18 Å². The average molecular weight is 250 g/mol. The molecule has 1 aliphatic heterocycles. The Kier molecular flexibility index (Phi) is 3.62. The molecule has 0 saturated carbocycles. The van der Waals surface area contributed by atoms with Crippen molar-refractivity contribution in [2.75, 3.05) is 25.5 Å². The van der Waals surface area contributed by atoms with Crippen LogP contribution in [0.15, 0.2) is 29.3 Å². The van der Waals surface area contributed by atoms with Gasteiger partial charge in [0.2, 0.25) is 0 Å². The molecule has 0 radical (unpaired) electrons. The fourth-order valence-corrected chi connectivity index (χ4v) is 1.64. The monoisotopic (exact) mass is 250 g/mol. The Bertz CT molecular complexity index is 506. The molecule has 2 rings (SSSR count). The van der Waals surface area contributed by atoms with Crippen LogP contribution in [-0.4, -0.2) is 26.1 Å². The summed E-state index contributed by atoms with van der Waals surface area (Å²) in [6.45, 7) is 3.26. The van der Waals surface area contributed by atoms with Gasteiger partial charge in [0.05, 0.1) is 7.11 Å². The Morgan fingerprint density at radius 3 is 2.67 bits per heavy atom. The predicted molar refractivity (Wildman–Crippen MR) is 67.2 cm³/mol. The van der Waals surface area contributed by atoms with E-state index in [2.05, 4.69) is 10.6 Å². The van der Waals surface area contributed by atoms with Crippen LogP contribution in [-0.2, 0) is 4.79 Å². The topological polar surface area (TPSA) is 50.4 Å². The molecule has 0 spiro atoms. The third-order valence-corrected chi connectivity index (χ3v) is 2.96. The SMILES string of the molecule is COc1ccc(NC(=O)C(C)=C2CNC2)cc1F. The number of hydrogen-bond acceptors (Lipinski definition) is 3. The average Bonchev–Trinajstić information content (AvgIpc) is 2.26. The summed E-state index contributed by atoms with van der Waals surface area (Å²) < 4.78 is 18.3. The molecule has 0 unspecified atom stereocenters. The largest absolute Gasteiger partial charge is 0.494 e. The van der Waals surface area contributed by atoms with Crippen LogP contribution in [0, 0.1) is 5.82 Å². The lowest BCUT2D eigenvalue weighted by Crippen LogP contribution is -2.36. The molecule has 1 aromatic carbocycles. The molecule has 1 heterocycles. The van der Waals surface area contributed by atoms with Gasteiger partial charge in [0.15, 0.2) is 11.6 Å². The van der Waals surface area contributed by atoms with Gasteiger partial charge in [-0.25, -0.2) is 4.39 Å². The number of methoxy groups -OCH3 is 1. The van der Waals surface area contributed by atoms with Gasteiger partial charge < -0.3 is 15.4 Å². The highest BCUT2D eigenvalue weighted by Gasteiger charge is 2.16. The molecule has 18 heavy (non-hydrogen) atoms. The van der Waals surface area contributed by atoms with Crippen molar-refractivity contribution in [3.63, 3.8) is 0 Å². The number of ether oxygens (including phenoxy) is 1. The summed E-state index contributed by atoms with van der Waals surface area (Å²) in [6, 6.07) is 4.34. The highest BCUT2D eigenvalue weighted by Crippen LogP contribution is 2.21. The van der Waals surface area contributed by atoms with Crippen molar-refractivity contribution in [1.29, 1.82) is 0 Å². The smallest absolute Gasteiger partial charge is 0.251 e. The Hall–Kier alpha value is -1.88. The lowest BCUT2D eigenvalue weighted by atomic mass is 10.0. The quantitative estimate of drug-likeness (QED) is 0.803. The fourth-order valence-electron chi connectivity index (χ4n) is 1.64. The van der Waals surface area contributed by atoms with Crippen LogP contribution in [0.25, 0.3) is 0 Å². The molecule has 0 bridgehead atoms. The lowest BCUT2D eigenvalue weighted by molar-refractivity contribution is -0.112. The first-order chi connectivity index (χ1) is 8.61. The van der Waals surface area contributed by atoms with Gasteiger partial charge in [0.1, 0.15) is 0 Å². The highest BCUT2D eigenvalue weighted by molar-refractivity contribution is 6.04. The summed E-state index contributed by atoms with van der Waals surface area (Å²) in [7, 11) is 1.40. The normalized spacial score (nSPS) is 13.8. The van der Waals surface area contributed by atoms with Crippen LogP contribution < -0.4 is 15.4 Å². The molecule has 2 N–H and O–H groups in total. The molecule has 0 atom stereocenters. The zero-order valence-electron chi connectivity index (χ0n) is 10.3. The maximum Gasteiger partial charge on any atom is 0.251 e. The second-order valence-electron chi connectivity index (χ2n) is 4.14. The van der Waals surface area contributed by atoms with E-state index in [1.54, 1.807) is 13.0 Å². The summed E-state index contributed by atoms with van der Waals surface area (Å²) in [5.74, 6) is -0.534. The molecule has 5 heteroatoms. The summed E-state index contributed by atoms with van der Waals surface area (Å²) in [4.78, 5) is 11.9. The lowest BCUT2D eigenvalue weighted by Gasteiger charge is -2.21. The molecule has 0 aliphatic carbocycles. The Morgan fingerprint density at radius 2 is 2.17 bits per heavy atom. The van der Waals surface area contributed by atoms with Crippen LogP contribution in [0.5, 0.6) is 5.75 Å². The van der Waals surface area contributed by atoms with Crippen LogP contribution >= 0.6 is 0 Å². The first kappa shape index (κ1) is 12.6. The number of anilines is 1. The second-order valence-corrected chi connectivity index (χ2v) is 4.14. The number of amides is 1. The van der Waals surface area contributed by atoms with Crippen LogP contribution in [0.1, 0.15) is 6.92 Å². The van der Waals surface area contributed by atoms with Crippen molar-refractivity contribution in [1.82, 2.24) is 5.32 Å². The second kappa shape index (κ2) is 5.18. The van der Waals surface area contributed by atoms with Crippen LogP contribution in [0.4, 0.5) is 10.1 Å². The van der Waals surface area contributed by atoms with Crippen molar-refractivity contribution in [3.8, 4) is 5.75 Å². The van der Waals surface area contributed by atoms with Crippen molar-refractivity contribution in [2.45, 2.75) is 6.92 Å². The molecular weight excluding hydrogens is 235 g/mol. The minimum Gasteiger partial charge on any atom is -0.494 e. The van der Waals surface area contributed by atoms with Crippen molar-refractivity contribution in [3.05, 3.63) is 35.2 Å². The number of halogens is 1. The minimum absolute atomic E-state index is 0.159. The van der Waals surface area contributed by atoms with Crippen molar-refractivity contribution in [2.24, 2.45) is 0 Å². The maximum absolute atomic E-state index is 13.4. The van der Waals surface area contributed by atoms with Gasteiger partial charge in [-0.1, -0.05) is 0 Å². The molecule has 1 fully saturated rings. The number of carbonyl (C=O) groups is 1. The van der Waals surface area contributed by atoms with Gasteiger partial charge in [0, 0.05) is 30.4 Å². The first-order valence-corrected chi connectivity index (χ1v) is 5.66. The Labute approximate surface area is 105 Å².